The maximum atomic E-state index is 5.36. The van der Waals surface area contributed by atoms with Crippen LogP contribution in [-0.4, -0.2) is 18.8 Å². The molecule has 1 aliphatic heterocycles. The molecule has 3 unspecified atom stereocenters. The van der Waals surface area contributed by atoms with Gasteiger partial charge in [0.2, 0.25) is 0 Å². The highest BCUT2D eigenvalue weighted by Crippen LogP contribution is 2.39. The van der Waals surface area contributed by atoms with E-state index in [-0.39, 0.29) is 0 Å². The van der Waals surface area contributed by atoms with Crippen LogP contribution in [0.5, 0.6) is 0 Å². The van der Waals surface area contributed by atoms with Crippen molar-refractivity contribution < 1.29 is 9.57 Å². The number of epoxide rings is 1. The first-order valence-electron chi connectivity index (χ1n) is 3.87. The lowest BCUT2D eigenvalue weighted by atomic mass is 9.90. The third kappa shape index (κ3) is 1.17. The van der Waals surface area contributed by atoms with Gasteiger partial charge in [-0.2, -0.15) is 0 Å². The Morgan fingerprint density at radius 2 is 2.30 bits per heavy atom. The first-order chi connectivity index (χ1) is 4.90. The summed E-state index contributed by atoms with van der Waals surface area (Å²) in [6.45, 7) is 0.701. The van der Waals surface area contributed by atoms with Crippen LogP contribution >= 0.6 is 0 Å². The van der Waals surface area contributed by atoms with Gasteiger partial charge in [0.15, 0.2) is 0 Å². The van der Waals surface area contributed by atoms with Crippen molar-refractivity contribution in [2.24, 2.45) is 11.8 Å². The van der Waals surface area contributed by atoms with Crippen LogP contribution in [0.1, 0.15) is 19.3 Å². The summed E-state index contributed by atoms with van der Waals surface area (Å²) in [7, 11) is 0. The van der Waals surface area contributed by atoms with Gasteiger partial charge < -0.3 is 9.57 Å². The molecule has 1 saturated carbocycles. The van der Waals surface area contributed by atoms with Gasteiger partial charge in [0, 0.05) is 0 Å². The molecule has 2 fully saturated rings. The molecule has 0 radical (unpaired) electrons. The molecule has 3 heteroatoms. The minimum absolute atomic E-state index is 0.550. The van der Waals surface area contributed by atoms with Gasteiger partial charge in [-0.3, -0.25) is 0 Å². The van der Waals surface area contributed by atoms with Crippen molar-refractivity contribution in [3.05, 3.63) is 0 Å². The van der Waals surface area contributed by atoms with E-state index in [4.69, 9.17) is 10.6 Å². The summed E-state index contributed by atoms with van der Waals surface area (Å²) in [4.78, 5) is 4.59. The molecule has 0 spiro atoms. The van der Waals surface area contributed by atoms with Crippen molar-refractivity contribution in [2.45, 2.75) is 31.5 Å². The smallest absolute Gasteiger partial charge is 0.0845 e. The molecule has 0 aromatic carbocycles. The summed E-state index contributed by atoms with van der Waals surface area (Å²) in [5, 5.41) is 0. The fraction of sp³-hybridized carbons (Fsp3) is 1.00. The molecule has 1 saturated heterocycles. The lowest BCUT2D eigenvalue weighted by Gasteiger charge is -2.16. The van der Waals surface area contributed by atoms with Gasteiger partial charge in [-0.15, -0.1) is 0 Å². The van der Waals surface area contributed by atoms with Crippen LogP contribution in [-0.2, 0) is 9.57 Å². The molecule has 1 aliphatic carbocycles. The minimum atomic E-state index is 0.550. The van der Waals surface area contributed by atoms with E-state index in [1.165, 1.54) is 12.8 Å². The highest BCUT2D eigenvalue weighted by Gasteiger charge is 2.43. The average molecular weight is 143 g/mol. The van der Waals surface area contributed by atoms with Crippen LogP contribution in [0.3, 0.4) is 0 Å². The fourth-order valence-corrected chi connectivity index (χ4v) is 1.77. The molecular weight excluding hydrogens is 130 g/mol. The molecule has 3 atom stereocenters. The second-order valence-corrected chi connectivity index (χ2v) is 3.23. The number of nitrogens with two attached hydrogens (primary N) is 1. The zero-order valence-electron chi connectivity index (χ0n) is 5.95. The Morgan fingerprint density at radius 1 is 1.40 bits per heavy atom. The summed E-state index contributed by atoms with van der Waals surface area (Å²) >= 11 is 0. The molecule has 2 rings (SSSR count). The average Bonchev–Trinajstić information content (AvgIpc) is 2.66. The van der Waals surface area contributed by atoms with Gasteiger partial charge in [-0.25, -0.2) is 5.90 Å². The SMILES string of the molecule is NOCC1CCC2OC2C1. The maximum absolute atomic E-state index is 5.36. The van der Waals surface area contributed by atoms with Gasteiger partial charge >= 0.3 is 0 Å². The number of hydrogen-bond donors (Lipinski definition) is 1. The second-order valence-electron chi connectivity index (χ2n) is 3.23. The van der Waals surface area contributed by atoms with E-state index in [0.717, 1.165) is 6.42 Å². The second kappa shape index (κ2) is 2.49. The van der Waals surface area contributed by atoms with E-state index < -0.39 is 0 Å². The summed E-state index contributed by atoms with van der Waals surface area (Å²) in [5.41, 5.74) is 0. The van der Waals surface area contributed by atoms with E-state index in [1.54, 1.807) is 0 Å². The lowest BCUT2D eigenvalue weighted by Crippen LogP contribution is -2.19. The molecule has 0 bridgehead atoms. The molecule has 3 nitrogen and oxygen atoms in total. The lowest BCUT2D eigenvalue weighted by molar-refractivity contribution is 0.0895. The zero-order valence-corrected chi connectivity index (χ0v) is 5.95. The van der Waals surface area contributed by atoms with Crippen molar-refractivity contribution >= 4 is 0 Å². The Bertz CT molecular complexity index is 129. The summed E-state index contributed by atoms with van der Waals surface area (Å²) in [6, 6.07) is 0. The third-order valence-electron chi connectivity index (χ3n) is 2.44. The van der Waals surface area contributed by atoms with Crippen LogP contribution in [0.2, 0.25) is 0 Å². The van der Waals surface area contributed by atoms with Crippen molar-refractivity contribution in [1.82, 2.24) is 0 Å². The number of fused-ring (bicyclic) bond motifs is 1. The van der Waals surface area contributed by atoms with Crippen LogP contribution in [0, 0.1) is 5.92 Å². The van der Waals surface area contributed by atoms with Crippen LogP contribution < -0.4 is 5.90 Å². The van der Waals surface area contributed by atoms with Crippen molar-refractivity contribution in [2.75, 3.05) is 6.61 Å². The third-order valence-corrected chi connectivity index (χ3v) is 2.44. The number of rotatable bonds is 2. The maximum Gasteiger partial charge on any atom is 0.0845 e. The highest BCUT2D eigenvalue weighted by molar-refractivity contribution is 4.91. The van der Waals surface area contributed by atoms with Crippen molar-refractivity contribution in [3.63, 3.8) is 0 Å². The van der Waals surface area contributed by atoms with E-state index in [9.17, 15) is 0 Å². The van der Waals surface area contributed by atoms with E-state index in [2.05, 4.69) is 4.84 Å². The molecule has 0 amide bonds. The first-order valence-corrected chi connectivity index (χ1v) is 3.87. The summed E-state index contributed by atoms with van der Waals surface area (Å²) in [5.74, 6) is 5.62. The quantitative estimate of drug-likeness (QED) is 0.451. The number of ether oxygens (including phenoxy) is 1. The first kappa shape index (κ1) is 6.58. The Labute approximate surface area is 60.4 Å². The Morgan fingerprint density at radius 3 is 3.00 bits per heavy atom. The van der Waals surface area contributed by atoms with Gasteiger partial charge in [0.1, 0.15) is 0 Å². The van der Waals surface area contributed by atoms with Crippen molar-refractivity contribution in [3.8, 4) is 0 Å². The topological polar surface area (TPSA) is 47.8 Å². The summed E-state index contributed by atoms with van der Waals surface area (Å²) in [6.07, 6.45) is 4.72. The van der Waals surface area contributed by atoms with Crippen LogP contribution in [0.25, 0.3) is 0 Å². The largest absolute Gasteiger partial charge is 0.370 e. The molecule has 0 aromatic rings. The van der Waals surface area contributed by atoms with Gasteiger partial charge in [-0.05, 0) is 25.2 Å². The van der Waals surface area contributed by atoms with Gasteiger partial charge in [0.05, 0.1) is 18.8 Å². The van der Waals surface area contributed by atoms with Crippen molar-refractivity contribution in [1.29, 1.82) is 0 Å². The van der Waals surface area contributed by atoms with Gasteiger partial charge in [-0.1, -0.05) is 0 Å². The monoisotopic (exact) mass is 143 g/mol. The predicted molar refractivity (Wildman–Crippen MR) is 36.1 cm³/mol. The van der Waals surface area contributed by atoms with Crippen LogP contribution in [0.15, 0.2) is 0 Å². The Balaban J connectivity index is 1.77. The summed E-state index contributed by atoms with van der Waals surface area (Å²) < 4.78 is 5.36. The molecular formula is C7H13NO2. The van der Waals surface area contributed by atoms with E-state index in [0.29, 0.717) is 24.7 Å². The highest BCUT2D eigenvalue weighted by atomic mass is 16.6. The number of hydrogen-bond acceptors (Lipinski definition) is 3. The Hall–Kier alpha value is -0.120. The van der Waals surface area contributed by atoms with Crippen LogP contribution in [0.4, 0.5) is 0 Å². The minimum Gasteiger partial charge on any atom is -0.370 e. The molecule has 1 heterocycles. The standard InChI is InChI=1S/C7H13NO2/c8-9-4-5-1-2-6-7(3-5)10-6/h5-7H,1-4,8H2. The molecule has 2 N–H and O–H groups in total. The molecule has 2 aliphatic rings. The Kier molecular flexibility index (Phi) is 1.64. The van der Waals surface area contributed by atoms with E-state index >= 15 is 0 Å². The van der Waals surface area contributed by atoms with E-state index in [1.807, 2.05) is 0 Å². The zero-order chi connectivity index (χ0) is 6.97. The molecule has 58 valence electrons. The molecule has 10 heavy (non-hydrogen) atoms. The predicted octanol–water partition coefficient (Wildman–Crippen LogP) is 0.444. The normalized spacial score (nSPS) is 44.7. The molecule has 0 aromatic heterocycles. The van der Waals surface area contributed by atoms with Gasteiger partial charge in [0.25, 0.3) is 0 Å². The fourth-order valence-electron chi connectivity index (χ4n) is 1.77.